The fourth-order valence-electron chi connectivity index (χ4n) is 0.299. The van der Waals surface area contributed by atoms with Gasteiger partial charge in [0.15, 0.2) is 0 Å². The van der Waals surface area contributed by atoms with Crippen LogP contribution in [-0.4, -0.2) is 7.41 Å². The summed E-state index contributed by atoms with van der Waals surface area (Å²) in [5.41, 5.74) is 0.981. The molecule has 0 saturated heterocycles. The van der Waals surface area contributed by atoms with E-state index in [2.05, 4.69) is 10.1 Å². The Morgan fingerprint density at radius 2 is 2.67 bits per heavy atom. The Hall–Kier alpha value is -0.595. The van der Waals surface area contributed by atoms with Crippen molar-refractivity contribution in [2.45, 2.75) is 6.92 Å². The first-order chi connectivity index (χ1) is 2.89. The number of hydrogen-bond donors (Lipinski definition) is 0. The molecule has 0 amide bonds. The van der Waals surface area contributed by atoms with Crippen molar-refractivity contribution in [3.8, 4) is 0 Å². The van der Waals surface area contributed by atoms with Gasteiger partial charge < -0.3 is 0 Å². The van der Waals surface area contributed by atoms with Gasteiger partial charge in [-0.2, -0.15) is 5.11 Å². The van der Waals surface area contributed by atoms with Crippen LogP contribution in [0.4, 0.5) is 0 Å². The van der Waals surface area contributed by atoms with Crippen LogP contribution in [0.15, 0.2) is 21.8 Å². The molecular weight excluding hydrogens is 74.9 g/mol. The summed E-state index contributed by atoms with van der Waals surface area (Å²) in [6.07, 6.45) is 0. The minimum atomic E-state index is 0.981. The van der Waals surface area contributed by atoms with E-state index in [-0.39, 0.29) is 0 Å². The van der Waals surface area contributed by atoms with Crippen LogP contribution in [0.1, 0.15) is 6.92 Å². The summed E-state index contributed by atoms with van der Waals surface area (Å²) < 4.78 is 0. The third-order valence-corrected chi connectivity index (χ3v) is 0.598. The van der Waals surface area contributed by atoms with Crippen molar-refractivity contribution in [3.63, 3.8) is 0 Å². The monoisotopic (exact) mass is 79.0 g/mol. The zero-order valence-corrected chi connectivity index (χ0v) is 3.55. The molecule has 0 bridgehead atoms. The Balaban J connectivity index is 2.68. The highest BCUT2D eigenvalue weighted by molar-refractivity contribution is 6.40. The SMILES string of the molecule is CC1=C[B]N=N1. The first kappa shape index (κ1) is 3.59. The van der Waals surface area contributed by atoms with Crippen LogP contribution in [0.3, 0.4) is 0 Å². The van der Waals surface area contributed by atoms with E-state index in [1.54, 1.807) is 7.41 Å². The second kappa shape index (κ2) is 1.24. The van der Waals surface area contributed by atoms with E-state index in [1.807, 2.05) is 12.9 Å². The largest absolute Gasteiger partial charge is 0.337 e. The van der Waals surface area contributed by atoms with Gasteiger partial charge in [-0.25, -0.2) is 0 Å². The maximum Gasteiger partial charge on any atom is 0.337 e. The molecule has 1 rings (SSSR count). The lowest BCUT2D eigenvalue weighted by Gasteiger charge is -1.70. The average Bonchev–Trinajstić information content (AvgIpc) is 1.86. The highest BCUT2D eigenvalue weighted by Crippen LogP contribution is 1.99. The predicted octanol–water partition coefficient (Wildman–Crippen LogP) is 0.933. The fourth-order valence-corrected chi connectivity index (χ4v) is 0.299. The Labute approximate surface area is 37.2 Å². The van der Waals surface area contributed by atoms with Gasteiger partial charge in [0.2, 0.25) is 0 Å². The van der Waals surface area contributed by atoms with Crippen LogP contribution in [-0.2, 0) is 0 Å². The Bertz CT molecular complexity index is 103. The minimum Gasteiger partial charge on any atom is -0.255 e. The van der Waals surface area contributed by atoms with Gasteiger partial charge >= 0.3 is 7.41 Å². The molecule has 0 aromatic heterocycles. The van der Waals surface area contributed by atoms with Crippen molar-refractivity contribution in [1.29, 1.82) is 0 Å². The molecule has 0 aromatic carbocycles. The Morgan fingerprint density at radius 3 is 2.83 bits per heavy atom. The zero-order valence-electron chi connectivity index (χ0n) is 3.55. The molecule has 0 N–H and O–H groups in total. The quantitative estimate of drug-likeness (QED) is 0.386. The van der Waals surface area contributed by atoms with Crippen molar-refractivity contribution < 1.29 is 0 Å². The minimum absolute atomic E-state index is 0.981. The highest BCUT2D eigenvalue weighted by Gasteiger charge is 1.90. The molecule has 0 unspecified atom stereocenters. The Kier molecular flexibility index (Phi) is 0.745. The van der Waals surface area contributed by atoms with Crippen LogP contribution in [0.5, 0.6) is 0 Å². The van der Waals surface area contributed by atoms with E-state index in [0.717, 1.165) is 5.70 Å². The lowest BCUT2D eigenvalue weighted by atomic mass is 9.98. The zero-order chi connectivity index (χ0) is 4.41. The van der Waals surface area contributed by atoms with E-state index in [1.165, 1.54) is 0 Å². The van der Waals surface area contributed by atoms with Crippen LogP contribution < -0.4 is 0 Å². The molecule has 1 radical (unpaired) electrons. The van der Waals surface area contributed by atoms with E-state index in [9.17, 15) is 0 Å². The van der Waals surface area contributed by atoms with Gasteiger partial charge in [0.25, 0.3) is 0 Å². The molecule has 29 valence electrons. The summed E-state index contributed by atoms with van der Waals surface area (Å²) >= 11 is 0. The first-order valence-electron chi connectivity index (χ1n) is 1.80. The van der Waals surface area contributed by atoms with E-state index < -0.39 is 0 Å². The third kappa shape index (κ3) is 0.480. The summed E-state index contributed by atoms with van der Waals surface area (Å²) in [5, 5.41) is 7.24. The molecule has 0 aliphatic carbocycles. The van der Waals surface area contributed by atoms with Gasteiger partial charge in [-0.05, 0) is 6.92 Å². The van der Waals surface area contributed by atoms with E-state index in [4.69, 9.17) is 0 Å². The maximum absolute atomic E-state index is 3.67. The predicted molar refractivity (Wildman–Crippen MR) is 24.4 cm³/mol. The summed E-state index contributed by atoms with van der Waals surface area (Å²) in [4.78, 5) is 0. The average molecular weight is 78.9 g/mol. The van der Waals surface area contributed by atoms with E-state index >= 15 is 0 Å². The van der Waals surface area contributed by atoms with Gasteiger partial charge in [0, 0.05) is 5.70 Å². The molecule has 0 spiro atoms. The molecule has 6 heavy (non-hydrogen) atoms. The van der Waals surface area contributed by atoms with Gasteiger partial charge in [0.1, 0.15) is 0 Å². The first-order valence-corrected chi connectivity index (χ1v) is 1.80. The molecule has 3 heteroatoms. The van der Waals surface area contributed by atoms with Crippen LogP contribution >= 0.6 is 0 Å². The summed E-state index contributed by atoms with van der Waals surface area (Å²) in [6, 6.07) is 0. The topological polar surface area (TPSA) is 24.7 Å². The molecule has 0 fully saturated rings. The smallest absolute Gasteiger partial charge is 0.255 e. The summed E-state index contributed by atoms with van der Waals surface area (Å²) in [5.74, 6) is 1.86. The van der Waals surface area contributed by atoms with Gasteiger partial charge in [-0.1, -0.05) is 5.98 Å². The maximum atomic E-state index is 3.67. The van der Waals surface area contributed by atoms with Gasteiger partial charge in [-0.3, -0.25) is 5.03 Å². The van der Waals surface area contributed by atoms with Crippen molar-refractivity contribution in [1.82, 2.24) is 0 Å². The van der Waals surface area contributed by atoms with Crippen LogP contribution in [0, 0.1) is 0 Å². The standard InChI is InChI=1S/C3H4BN2/c1-3-2-4-6-5-3/h2H,1H3. The highest BCUT2D eigenvalue weighted by atomic mass is 15.1. The fraction of sp³-hybridized carbons (Fsp3) is 0.333. The molecule has 0 atom stereocenters. The molecule has 1 aliphatic heterocycles. The third-order valence-electron chi connectivity index (χ3n) is 0.598. The van der Waals surface area contributed by atoms with Crippen molar-refractivity contribution >= 4 is 7.41 Å². The molecule has 1 heterocycles. The molecule has 1 aliphatic rings. The summed E-state index contributed by atoms with van der Waals surface area (Å²) in [6.45, 7) is 1.91. The van der Waals surface area contributed by atoms with Crippen LogP contribution in [0.2, 0.25) is 0 Å². The molecule has 2 nitrogen and oxygen atoms in total. The normalized spacial score (nSPS) is 17.2. The van der Waals surface area contributed by atoms with Gasteiger partial charge in [-0.15, -0.1) is 0 Å². The number of rotatable bonds is 0. The summed E-state index contributed by atoms with van der Waals surface area (Å²) in [7, 11) is 1.68. The van der Waals surface area contributed by atoms with Crippen molar-refractivity contribution in [2.24, 2.45) is 10.1 Å². The number of hydrogen-bond acceptors (Lipinski definition) is 2. The van der Waals surface area contributed by atoms with Crippen LogP contribution in [0.25, 0.3) is 0 Å². The molecule has 0 aromatic rings. The van der Waals surface area contributed by atoms with Crippen molar-refractivity contribution in [2.75, 3.05) is 0 Å². The van der Waals surface area contributed by atoms with Gasteiger partial charge in [0.05, 0.1) is 0 Å². The second-order valence-electron chi connectivity index (χ2n) is 1.17. The number of nitrogens with zero attached hydrogens (tertiary/aromatic N) is 2. The van der Waals surface area contributed by atoms with Crippen molar-refractivity contribution in [3.05, 3.63) is 11.7 Å². The molecule has 0 saturated carbocycles. The lowest BCUT2D eigenvalue weighted by molar-refractivity contribution is 1.21. The van der Waals surface area contributed by atoms with E-state index in [0.29, 0.717) is 0 Å². The second-order valence-corrected chi connectivity index (χ2v) is 1.17. The Morgan fingerprint density at radius 1 is 1.83 bits per heavy atom. The lowest BCUT2D eigenvalue weighted by Crippen LogP contribution is -1.64. The molecular formula is C3H4BN2. The number of allylic oxidation sites excluding steroid dienone is 1.